The van der Waals surface area contributed by atoms with Crippen molar-refractivity contribution in [2.75, 3.05) is 49.5 Å². The van der Waals surface area contributed by atoms with Crippen LogP contribution in [0.2, 0.25) is 10.0 Å². The zero-order valence-corrected chi connectivity index (χ0v) is 21.6. The molecule has 33 heavy (non-hydrogen) atoms. The molecule has 182 valence electrons. The normalized spacial score (nSPS) is 10.7. The molecule has 0 fully saturated rings. The highest BCUT2D eigenvalue weighted by Crippen LogP contribution is 2.36. The number of halogens is 2. The summed E-state index contributed by atoms with van der Waals surface area (Å²) in [6.45, 7) is 2.69. The molecular weight excluding hydrogens is 511 g/mol. The first-order valence-electron chi connectivity index (χ1n) is 9.39. The Hall–Kier alpha value is -2.15. The standard InChI is InChI=1S/C19H22Cl2N4O2S.CH4O3S/c1-12(26)22-13-4-6-14(7-5-13)23-19(28)24-15-10-16(20)18(17(21)11-15)27-9-8-25(2)3;1-5(2,3)4/h4-7,10-11H,8-9H2,1-3H3,(H,22,26)(H2,23,24,28);1H3,(H,2,3,4). The van der Waals surface area contributed by atoms with E-state index in [0.717, 1.165) is 12.2 Å². The Morgan fingerprint density at radius 3 is 1.88 bits per heavy atom. The van der Waals surface area contributed by atoms with E-state index in [2.05, 4.69) is 16.0 Å². The highest BCUT2D eigenvalue weighted by atomic mass is 35.5. The van der Waals surface area contributed by atoms with Crippen molar-refractivity contribution >= 4 is 73.6 Å². The number of nitrogens with one attached hydrogen (secondary N) is 3. The molecule has 0 bridgehead atoms. The van der Waals surface area contributed by atoms with E-state index in [4.69, 9.17) is 44.7 Å². The summed E-state index contributed by atoms with van der Waals surface area (Å²) in [5.41, 5.74) is 2.12. The van der Waals surface area contributed by atoms with E-state index in [-0.39, 0.29) is 5.91 Å². The number of likely N-dealkylation sites (N-methyl/N-ethyl adjacent to an activating group) is 1. The van der Waals surface area contributed by atoms with E-state index < -0.39 is 10.1 Å². The third kappa shape index (κ3) is 13.2. The number of nitrogens with zero attached hydrogens (tertiary/aromatic N) is 1. The molecule has 0 aromatic heterocycles. The van der Waals surface area contributed by atoms with Crippen LogP contribution in [-0.4, -0.2) is 62.4 Å². The van der Waals surface area contributed by atoms with Gasteiger partial charge in [-0.3, -0.25) is 9.35 Å². The van der Waals surface area contributed by atoms with Crippen molar-refractivity contribution in [3.05, 3.63) is 46.4 Å². The van der Waals surface area contributed by atoms with Crippen LogP contribution >= 0.6 is 35.4 Å². The van der Waals surface area contributed by atoms with Gasteiger partial charge in [-0.05, 0) is 62.7 Å². The van der Waals surface area contributed by atoms with Crippen LogP contribution in [0.25, 0.3) is 0 Å². The van der Waals surface area contributed by atoms with Gasteiger partial charge in [0.25, 0.3) is 10.1 Å². The number of ether oxygens (including phenoxy) is 1. The molecule has 0 heterocycles. The second kappa shape index (κ2) is 13.5. The van der Waals surface area contributed by atoms with E-state index >= 15 is 0 Å². The van der Waals surface area contributed by atoms with E-state index in [0.29, 0.717) is 45.1 Å². The van der Waals surface area contributed by atoms with Gasteiger partial charge < -0.3 is 25.6 Å². The fourth-order valence-corrected chi connectivity index (χ4v) is 3.07. The Kier molecular flexibility index (Phi) is 11.8. The first kappa shape index (κ1) is 28.9. The topological polar surface area (TPSA) is 120 Å². The lowest BCUT2D eigenvalue weighted by Crippen LogP contribution is -2.20. The van der Waals surface area contributed by atoms with Gasteiger partial charge in [-0.15, -0.1) is 0 Å². The lowest BCUT2D eigenvalue weighted by Gasteiger charge is -2.15. The Labute approximate surface area is 209 Å². The minimum Gasteiger partial charge on any atom is -0.489 e. The lowest BCUT2D eigenvalue weighted by molar-refractivity contribution is -0.114. The van der Waals surface area contributed by atoms with Crippen molar-refractivity contribution < 1.29 is 22.5 Å². The number of carbonyl (C=O) groups excluding carboxylic acids is 1. The largest absolute Gasteiger partial charge is 0.489 e. The molecule has 0 saturated carbocycles. The fraction of sp³-hybridized carbons (Fsp3) is 0.300. The van der Waals surface area contributed by atoms with Crippen molar-refractivity contribution in [1.29, 1.82) is 0 Å². The molecule has 0 atom stereocenters. The lowest BCUT2D eigenvalue weighted by atomic mass is 10.2. The third-order valence-electron chi connectivity index (χ3n) is 3.50. The summed E-state index contributed by atoms with van der Waals surface area (Å²) in [7, 11) is 0.252. The molecule has 0 aliphatic heterocycles. The van der Waals surface area contributed by atoms with Crippen molar-refractivity contribution in [2.24, 2.45) is 0 Å². The number of thiocarbonyl (C=S) groups is 1. The van der Waals surface area contributed by atoms with Crippen LogP contribution in [0.4, 0.5) is 17.1 Å². The molecule has 1 amide bonds. The number of benzene rings is 2. The monoisotopic (exact) mass is 536 g/mol. The number of amides is 1. The molecule has 9 nitrogen and oxygen atoms in total. The first-order valence-corrected chi connectivity index (χ1v) is 12.4. The molecule has 0 saturated heterocycles. The summed E-state index contributed by atoms with van der Waals surface area (Å²) >= 11 is 17.9. The molecule has 0 aliphatic carbocycles. The highest BCUT2D eigenvalue weighted by molar-refractivity contribution is 7.85. The molecule has 0 aliphatic rings. The SMILES string of the molecule is CC(=O)Nc1ccc(NC(=S)Nc2cc(Cl)c(OCCN(C)C)c(Cl)c2)cc1.CS(=O)(=O)O. The average Bonchev–Trinajstić information content (AvgIpc) is 2.63. The zero-order valence-electron chi connectivity index (χ0n) is 18.5. The fourth-order valence-electron chi connectivity index (χ4n) is 2.23. The molecular formula is C20H26Cl2N4O5S2. The zero-order chi connectivity index (χ0) is 25.2. The Morgan fingerprint density at radius 1 is 1.03 bits per heavy atom. The van der Waals surface area contributed by atoms with Gasteiger partial charge in [-0.2, -0.15) is 8.42 Å². The van der Waals surface area contributed by atoms with Crippen molar-refractivity contribution in [3.8, 4) is 5.75 Å². The second-order valence-electron chi connectivity index (χ2n) is 6.99. The maximum atomic E-state index is 11.1. The van der Waals surface area contributed by atoms with E-state index in [1.807, 2.05) is 19.0 Å². The third-order valence-corrected chi connectivity index (χ3v) is 4.27. The van der Waals surface area contributed by atoms with E-state index in [1.54, 1.807) is 36.4 Å². The first-order chi connectivity index (χ1) is 15.2. The van der Waals surface area contributed by atoms with Gasteiger partial charge in [-0.1, -0.05) is 23.2 Å². The van der Waals surface area contributed by atoms with Crippen LogP contribution in [0, 0.1) is 0 Å². The highest BCUT2D eigenvalue weighted by Gasteiger charge is 2.11. The molecule has 0 unspecified atom stereocenters. The van der Waals surface area contributed by atoms with Crippen molar-refractivity contribution in [2.45, 2.75) is 6.92 Å². The molecule has 2 aromatic rings. The Bertz CT molecular complexity index is 1030. The van der Waals surface area contributed by atoms with Gasteiger partial charge in [0.2, 0.25) is 5.91 Å². The van der Waals surface area contributed by atoms with Gasteiger partial charge in [0.15, 0.2) is 10.9 Å². The Morgan fingerprint density at radius 2 is 1.45 bits per heavy atom. The van der Waals surface area contributed by atoms with Gasteiger partial charge in [0, 0.05) is 30.5 Å². The number of rotatable bonds is 7. The van der Waals surface area contributed by atoms with Crippen LogP contribution in [0.1, 0.15) is 6.92 Å². The summed E-state index contributed by atoms with van der Waals surface area (Å²) in [6, 6.07) is 10.6. The number of carbonyl (C=O) groups is 1. The summed E-state index contributed by atoms with van der Waals surface area (Å²) in [4.78, 5) is 13.1. The maximum Gasteiger partial charge on any atom is 0.261 e. The van der Waals surface area contributed by atoms with E-state index in [9.17, 15) is 13.2 Å². The van der Waals surface area contributed by atoms with Crippen LogP contribution in [-0.2, 0) is 14.9 Å². The molecule has 2 aromatic carbocycles. The quantitative estimate of drug-likeness (QED) is 0.304. The number of anilines is 3. The summed E-state index contributed by atoms with van der Waals surface area (Å²) in [5.74, 6) is 0.323. The predicted molar refractivity (Wildman–Crippen MR) is 139 cm³/mol. The van der Waals surface area contributed by atoms with Crippen LogP contribution < -0.4 is 20.7 Å². The second-order valence-corrected chi connectivity index (χ2v) is 9.68. The summed E-state index contributed by atoms with van der Waals surface area (Å²) in [5, 5.41) is 9.97. The van der Waals surface area contributed by atoms with Gasteiger partial charge in [0.1, 0.15) is 6.61 Å². The predicted octanol–water partition coefficient (Wildman–Crippen LogP) is 4.21. The summed E-state index contributed by atoms with van der Waals surface area (Å²) < 4.78 is 31.5. The van der Waals surface area contributed by atoms with Gasteiger partial charge in [0.05, 0.1) is 16.3 Å². The van der Waals surface area contributed by atoms with Crippen molar-refractivity contribution in [1.82, 2.24) is 4.90 Å². The average molecular weight is 537 g/mol. The minimum atomic E-state index is -3.67. The Balaban J connectivity index is 0.000000981. The van der Waals surface area contributed by atoms with E-state index in [1.165, 1.54) is 6.92 Å². The van der Waals surface area contributed by atoms with Crippen LogP contribution in [0.5, 0.6) is 5.75 Å². The van der Waals surface area contributed by atoms with Gasteiger partial charge in [-0.25, -0.2) is 0 Å². The molecule has 4 N–H and O–H groups in total. The molecule has 13 heteroatoms. The van der Waals surface area contributed by atoms with Gasteiger partial charge >= 0.3 is 0 Å². The maximum absolute atomic E-state index is 11.1. The number of hydrogen-bond donors (Lipinski definition) is 4. The van der Waals surface area contributed by atoms with Crippen molar-refractivity contribution in [3.63, 3.8) is 0 Å². The minimum absolute atomic E-state index is 0.124. The summed E-state index contributed by atoms with van der Waals surface area (Å²) in [6.07, 6.45) is 0.715. The molecule has 2 rings (SSSR count). The smallest absolute Gasteiger partial charge is 0.261 e. The van der Waals surface area contributed by atoms with Crippen LogP contribution in [0.15, 0.2) is 36.4 Å². The number of hydrogen-bond acceptors (Lipinski definition) is 6. The molecule has 0 spiro atoms. The molecule has 0 radical (unpaired) electrons. The van der Waals surface area contributed by atoms with Crippen LogP contribution in [0.3, 0.4) is 0 Å².